The van der Waals surface area contributed by atoms with E-state index < -0.39 is 5.41 Å². The van der Waals surface area contributed by atoms with Crippen LogP contribution >= 0.6 is 0 Å². The standard InChI is InChI=1S/C20H24O5/c1-12-7-16(21)20-11-23-17-19(12,8-14(25-17)13-4-6-22-9-13)15(20)3-2-5-18(20)10-24-18/h4,6,9,12,14-15,17H,2-3,5,7-8,10-11H2,1H3. The van der Waals surface area contributed by atoms with Gasteiger partial charge in [-0.25, -0.2) is 0 Å². The summed E-state index contributed by atoms with van der Waals surface area (Å²) < 4.78 is 24.0. The highest BCUT2D eigenvalue weighted by atomic mass is 16.7. The Morgan fingerprint density at radius 2 is 2.16 bits per heavy atom. The Morgan fingerprint density at radius 3 is 2.92 bits per heavy atom. The summed E-state index contributed by atoms with van der Waals surface area (Å²) in [5.41, 5.74) is 0.296. The highest BCUT2D eigenvalue weighted by Gasteiger charge is 2.79. The molecule has 3 aliphatic heterocycles. The largest absolute Gasteiger partial charge is 0.472 e. The van der Waals surface area contributed by atoms with Crippen LogP contribution < -0.4 is 0 Å². The Hall–Kier alpha value is -1.17. The van der Waals surface area contributed by atoms with Crippen LogP contribution in [-0.4, -0.2) is 30.9 Å². The van der Waals surface area contributed by atoms with Crippen molar-refractivity contribution in [3.05, 3.63) is 24.2 Å². The molecule has 5 fully saturated rings. The zero-order valence-electron chi connectivity index (χ0n) is 14.5. The average Bonchev–Trinajstić information content (AvgIpc) is 3.06. The monoisotopic (exact) mass is 344 g/mol. The van der Waals surface area contributed by atoms with Crippen molar-refractivity contribution in [3.8, 4) is 0 Å². The summed E-state index contributed by atoms with van der Waals surface area (Å²) >= 11 is 0. The summed E-state index contributed by atoms with van der Waals surface area (Å²) in [7, 11) is 0. The minimum atomic E-state index is -0.442. The first-order chi connectivity index (χ1) is 12.1. The lowest BCUT2D eigenvalue weighted by atomic mass is 9.42. The van der Waals surface area contributed by atoms with Crippen LogP contribution in [0.2, 0.25) is 0 Å². The number of furan rings is 1. The van der Waals surface area contributed by atoms with Gasteiger partial charge in [0, 0.05) is 17.4 Å². The van der Waals surface area contributed by atoms with Crippen molar-refractivity contribution in [2.75, 3.05) is 13.2 Å². The average molecular weight is 344 g/mol. The number of carbonyl (C=O) groups is 1. The van der Waals surface area contributed by atoms with Crippen LogP contribution in [0.15, 0.2) is 23.0 Å². The zero-order valence-corrected chi connectivity index (χ0v) is 14.5. The molecule has 25 heavy (non-hydrogen) atoms. The third-order valence-electron chi connectivity index (χ3n) is 8.17. The van der Waals surface area contributed by atoms with Crippen molar-refractivity contribution in [1.82, 2.24) is 0 Å². The van der Waals surface area contributed by atoms with Gasteiger partial charge in [-0.3, -0.25) is 4.79 Å². The molecule has 0 aromatic carbocycles. The number of ether oxygens (including phenoxy) is 3. The van der Waals surface area contributed by atoms with E-state index in [0.717, 1.165) is 37.9 Å². The van der Waals surface area contributed by atoms with Gasteiger partial charge in [-0.2, -0.15) is 0 Å². The van der Waals surface area contributed by atoms with Gasteiger partial charge in [0.05, 0.1) is 37.3 Å². The van der Waals surface area contributed by atoms with Crippen molar-refractivity contribution >= 4 is 5.78 Å². The smallest absolute Gasteiger partial charge is 0.164 e. The predicted molar refractivity (Wildman–Crippen MR) is 86.6 cm³/mol. The summed E-state index contributed by atoms with van der Waals surface area (Å²) in [5, 5.41) is 0. The van der Waals surface area contributed by atoms with Gasteiger partial charge < -0.3 is 18.6 Å². The molecule has 2 saturated carbocycles. The Bertz CT molecular complexity index is 722. The summed E-state index contributed by atoms with van der Waals surface area (Å²) in [6.07, 6.45) is 8.01. The van der Waals surface area contributed by atoms with Gasteiger partial charge in [0.25, 0.3) is 0 Å². The highest BCUT2D eigenvalue weighted by molar-refractivity contribution is 5.89. The van der Waals surface area contributed by atoms with Crippen molar-refractivity contribution in [1.29, 1.82) is 0 Å². The van der Waals surface area contributed by atoms with E-state index in [2.05, 4.69) is 6.92 Å². The molecule has 2 spiro atoms. The fraction of sp³-hybridized carbons (Fsp3) is 0.750. The second kappa shape index (κ2) is 4.56. The van der Waals surface area contributed by atoms with Gasteiger partial charge in [0.1, 0.15) is 11.4 Å². The lowest BCUT2D eigenvalue weighted by molar-refractivity contribution is -0.293. The topological polar surface area (TPSA) is 61.2 Å². The molecule has 0 amide bonds. The maximum absolute atomic E-state index is 13.3. The van der Waals surface area contributed by atoms with Crippen LogP contribution in [0.4, 0.5) is 0 Å². The van der Waals surface area contributed by atoms with Gasteiger partial charge in [-0.05, 0) is 37.2 Å². The maximum atomic E-state index is 13.3. The number of Topliss-reactive ketones (excluding diaryl/α,β-unsaturated/α-hetero) is 1. The summed E-state index contributed by atoms with van der Waals surface area (Å²) in [6, 6.07) is 1.98. The van der Waals surface area contributed by atoms with Crippen LogP contribution in [0.5, 0.6) is 0 Å². The molecule has 2 bridgehead atoms. The first-order valence-corrected chi connectivity index (χ1v) is 9.59. The van der Waals surface area contributed by atoms with E-state index in [1.807, 2.05) is 6.07 Å². The molecule has 7 atom stereocenters. The van der Waals surface area contributed by atoms with Crippen LogP contribution in [0, 0.1) is 22.7 Å². The number of epoxide rings is 1. The first kappa shape index (κ1) is 14.9. The van der Waals surface area contributed by atoms with Crippen molar-refractivity contribution in [2.24, 2.45) is 22.7 Å². The van der Waals surface area contributed by atoms with E-state index in [0.29, 0.717) is 24.7 Å². The Labute approximate surface area is 147 Å². The SMILES string of the molecule is CC1CC(=O)C23COC4OC(c5ccoc5)CC14C2CCCC31CO1. The number of ketones is 1. The molecular weight excluding hydrogens is 320 g/mol. The van der Waals surface area contributed by atoms with Crippen molar-refractivity contribution in [3.63, 3.8) is 0 Å². The molecule has 5 heteroatoms. The zero-order chi connectivity index (χ0) is 16.9. The molecule has 0 N–H and O–H groups in total. The van der Waals surface area contributed by atoms with Crippen LogP contribution in [0.1, 0.15) is 50.7 Å². The first-order valence-electron chi connectivity index (χ1n) is 9.59. The van der Waals surface area contributed by atoms with Crippen molar-refractivity contribution < 1.29 is 23.4 Å². The minimum Gasteiger partial charge on any atom is -0.472 e. The van der Waals surface area contributed by atoms with E-state index in [9.17, 15) is 4.79 Å². The fourth-order valence-electron chi connectivity index (χ4n) is 6.89. The molecule has 5 nitrogen and oxygen atoms in total. The lowest BCUT2D eigenvalue weighted by Crippen LogP contribution is -2.70. The molecule has 2 aliphatic carbocycles. The highest BCUT2D eigenvalue weighted by Crippen LogP contribution is 2.73. The minimum absolute atomic E-state index is 0.00630. The van der Waals surface area contributed by atoms with Crippen molar-refractivity contribution in [2.45, 2.75) is 57.0 Å². The molecule has 6 rings (SSSR count). The van der Waals surface area contributed by atoms with Gasteiger partial charge in [-0.15, -0.1) is 0 Å². The number of carbonyl (C=O) groups excluding carboxylic acids is 1. The van der Waals surface area contributed by atoms with Crippen LogP contribution in [-0.2, 0) is 19.0 Å². The van der Waals surface area contributed by atoms with E-state index in [-0.39, 0.29) is 29.3 Å². The third kappa shape index (κ3) is 1.55. The number of hydrogen-bond acceptors (Lipinski definition) is 5. The van der Waals surface area contributed by atoms with E-state index in [1.54, 1.807) is 12.5 Å². The predicted octanol–water partition coefficient (Wildman–Crippen LogP) is 3.25. The molecule has 7 unspecified atom stereocenters. The van der Waals surface area contributed by atoms with E-state index in [1.165, 1.54) is 0 Å². The second-order valence-corrected chi connectivity index (χ2v) is 8.87. The number of rotatable bonds is 1. The van der Waals surface area contributed by atoms with Crippen LogP contribution in [0.25, 0.3) is 0 Å². The summed E-state index contributed by atoms with van der Waals surface area (Å²) in [5.74, 6) is 0.954. The summed E-state index contributed by atoms with van der Waals surface area (Å²) in [6.45, 7) is 3.41. The number of hydrogen-bond donors (Lipinski definition) is 0. The Kier molecular flexibility index (Phi) is 2.73. The fourth-order valence-corrected chi connectivity index (χ4v) is 6.89. The molecule has 1 aromatic heterocycles. The van der Waals surface area contributed by atoms with E-state index >= 15 is 0 Å². The molecule has 1 aromatic rings. The Morgan fingerprint density at radius 1 is 1.28 bits per heavy atom. The van der Waals surface area contributed by atoms with Gasteiger partial charge in [0.2, 0.25) is 0 Å². The molecule has 3 saturated heterocycles. The third-order valence-corrected chi connectivity index (χ3v) is 8.17. The molecule has 0 radical (unpaired) electrons. The molecule has 4 heterocycles. The van der Waals surface area contributed by atoms with Gasteiger partial charge in [-0.1, -0.05) is 13.3 Å². The quantitative estimate of drug-likeness (QED) is 0.732. The lowest BCUT2D eigenvalue weighted by Gasteiger charge is -2.63. The van der Waals surface area contributed by atoms with Gasteiger partial charge in [0.15, 0.2) is 6.29 Å². The van der Waals surface area contributed by atoms with E-state index in [4.69, 9.17) is 18.6 Å². The summed E-state index contributed by atoms with van der Waals surface area (Å²) in [4.78, 5) is 13.3. The maximum Gasteiger partial charge on any atom is 0.164 e. The normalized spacial score (nSPS) is 53.6. The molecular formula is C20H24O5. The van der Waals surface area contributed by atoms with Crippen LogP contribution in [0.3, 0.4) is 0 Å². The second-order valence-electron chi connectivity index (χ2n) is 8.87. The Balaban J connectivity index is 1.48. The molecule has 5 aliphatic rings. The molecule has 134 valence electrons. The van der Waals surface area contributed by atoms with Gasteiger partial charge >= 0.3 is 0 Å².